The highest BCUT2D eigenvalue weighted by Gasteiger charge is 2.29. The van der Waals surface area contributed by atoms with Crippen LogP contribution in [0, 0.1) is 5.92 Å². The number of methoxy groups -OCH3 is 1. The van der Waals surface area contributed by atoms with E-state index in [0.29, 0.717) is 22.9 Å². The first-order chi connectivity index (χ1) is 8.11. The molecule has 0 N–H and O–H groups in total. The van der Waals surface area contributed by atoms with Crippen molar-refractivity contribution in [3.63, 3.8) is 0 Å². The van der Waals surface area contributed by atoms with Crippen molar-refractivity contribution in [2.45, 2.75) is 19.4 Å². The van der Waals surface area contributed by atoms with E-state index in [1.54, 1.807) is 25.3 Å². The van der Waals surface area contributed by atoms with Gasteiger partial charge < -0.3 is 9.47 Å². The summed E-state index contributed by atoms with van der Waals surface area (Å²) in [6, 6.07) is 5.12. The normalized spacial score (nSPS) is 23.7. The van der Waals surface area contributed by atoms with Crippen LogP contribution in [-0.2, 0) is 4.74 Å². The second kappa shape index (κ2) is 5.07. The van der Waals surface area contributed by atoms with Crippen molar-refractivity contribution in [1.29, 1.82) is 0 Å². The minimum atomic E-state index is -0.0468. The van der Waals surface area contributed by atoms with E-state index >= 15 is 0 Å². The summed E-state index contributed by atoms with van der Waals surface area (Å²) in [6.07, 6.45) is 0.945. The zero-order valence-corrected chi connectivity index (χ0v) is 10.7. The molecule has 2 atom stereocenters. The maximum Gasteiger partial charge on any atom is 0.168 e. The Kier molecular flexibility index (Phi) is 3.69. The van der Waals surface area contributed by atoms with Crippen LogP contribution in [0.3, 0.4) is 0 Å². The summed E-state index contributed by atoms with van der Waals surface area (Å²) >= 11 is 6.00. The highest BCUT2D eigenvalue weighted by atomic mass is 35.5. The maximum atomic E-state index is 12.2. The van der Waals surface area contributed by atoms with Gasteiger partial charge in [-0.1, -0.05) is 11.6 Å². The van der Waals surface area contributed by atoms with Crippen LogP contribution in [0.25, 0.3) is 0 Å². The van der Waals surface area contributed by atoms with Crippen molar-refractivity contribution < 1.29 is 14.3 Å². The summed E-state index contributed by atoms with van der Waals surface area (Å²) in [6.45, 7) is 2.48. The van der Waals surface area contributed by atoms with Gasteiger partial charge in [-0.05, 0) is 31.5 Å². The van der Waals surface area contributed by atoms with Gasteiger partial charge in [0.1, 0.15) is 5.75 Å². The number of ketones is 1. The van der Waals surface area contributed by atoms with Gasteiger partial charge in [-0.25, -0.2) is 0 Å². The largest absolute Gasteiger partial charge is 0.495 e. The number of Topliss-reactive ketones (excluding diaryl/α,β-unsaturated/α-hetero) is 1. The molecule has 1 saturated heterocycles. The molecule has 0 radical (unpaired) electrons. The summed E-state index contributed by atoms with van der Waals surface area (Å²) in [4.78, 5) is 12.2. The number of carbonyl (C=O) groups excluding carboxylic acids is 1. The van der Waals surface area contributed by atoms with Crippen LogP contribution < -0.4 is 4.74 Å². The minimum absolute atomic E-state index is 0.0468. The van der Waals surface area contributed by atoms with Crippen LogP contribution in [0.1, 0.15) is 23.7 Å². The van der Waals surface area contributed by atoms with E-state index in [2.05, 4.69) is 0 Å². The van der Waals surface area contributed by atoms with Crippen molar-refractivity contribution in [2.75, 3.05) is 13.7 Å². The van der Waals surface area contributed by atoms with E-state index < -0.39 is 0 Å². The molecule has 0 amide bonds. The number of hydrogen-bond acceptors (Lipinski definition) is 3. The predicted molar refractivity (Wildman–Crippen MR) is 65.9 cm³/mol. The van der Waals surface area contributed by atoms with Gasteiger partial charge in [0, 0.05) is 11.5 Å². The molecule has 4 heteroatoms. The Morgan fingerprint density at radius 3 is 2.82 bits per heavy atom. The molecular formula is C13H15ClO3. The zero-order chi connectivity index (χ0) is 12.4. The summed E-state index contributed by atoms with van der Waals surface area (Å²) in [5.41, 5.74) is 0.624. The fourth-order valence-corrected chi connectivity index (χ4v) is 2.31. The molecule has 92 valence electrons. The summed E-state index contributed by atoms with van der Waals surface area (Å²) < 4.78 is 10.5. The Balaban J connectivity index is 2.17. The highest BCUT2D eigenvalue weighted by molar-refractivity contribution is 6.32. The smallest absolute Gasteiger partial charge is 0.168 e. The Morgan fingerprint density at radius 2 is 2.29 bits per heavy atom. The summed E-state index contributed by atoms with van der Waals surface area (Å²) in [5, 5.41) is 0.463. The summed E-state index contributed by atoms with van der Waals surface area (Å²) in [5.74, 6) is 0.632. The van der Waals surface area contributed by atoms with Crippen LogP contribution in [0.15, 0.2) is 18.2 Å². The van der Waals surface area contributed by atoms with E-state index in [1.807, 2.05) is 6.92 Å². The Labute approximate surface area is 106 Å². The minimum Gasteiger partial charge on any atom is -0.495 e. The van der Waals surface area contributed by atoms with Gasteiger partial charge in [0.2, 0.25) is 0 Å². The van der Waals surface area contributed by atoms with Crippen molar-refractivity contribution in [2.24, 2.45) is 5.92 Å². The van der Waals surface area contributed by atoms with Gasteiger partial charge in [0.25, 0.3) is 0 Å². The third-order valence-electron chi connectivity index (χ3n) is 3.01. The Morgan fingerprint density at radius 1 is 1.53 bits per heavy atom. The molecule has 0 aromatic heterocycles. The molecule has 0 bridgehead atoms. The van der Waals surface area contributed by atoms with E-state index in [0.717, 1.165) is 6.42 Å². The molecule has 1 aromatic rings. The van der Waals surface area contributed by atoms with Gasteiger partial charge in [0.05, 0.1) is 24.8 Å². The van der Waals surface area contributed by atoms with Crippen molar-refractivity contribution >= 4 is 17.4 Å². The molecule has 1 aliphatic heterocycles. The Bertz CT molecular complexity index is 431. The topological polar surface area (TPSA) is 35.5 Å². The van der Waals surface area contributed by atoms with E-state index in [9.17, 15) is 4.79 Å². The molecule has 0 aliphatic carbocycles. The molecule has 17 heavy (non-hydrogen) atoms. The molecule has 0 saturated carbocycles. The monoisotopic (exact) mass is 254 g/mol. The lowest BCUT2D eigenvalue weighted by molar-refractivity contribution is 0.0877. The molecule has 1 aromatic carbocycles. The highest BCUT2D eigenvalue weighted by Crippen LogP contribution is 2.28. The molecular weight excluding hydrogens is 240 g/mol. The van der Waals surface area contributed by atoms with Crippen LogP contribution in [0.2, 0.25) is 5.02 Å². The van der Waals surface area contributed by atoms with Crippen molar-refractivity contribution in [3.8, 4) is 5.75 Å². The van der Waals surface area contributed by atoms with Gasteiger partial charge in [0.15, 0.2) is 5.78 Å². The van der Waals surface area contributed by atoms with E-state index in [-0.39, 0.29) is 17.8 Å². The van der Waals surface area contributed by atoms with Gasteiger partial charge in [-0.15, -0.1) is 0 Å². The maximum absolute atomic E-state index is 12.2. The molecule has 3 nitrogen and oxygen atoms in total. The van der Waals surface area contributed by atoms with Crippen LogP contribution in [-0.4, -0.2) is 25.6 Å². The van der Waals surface area contributed by atoms with E-state index in [1.165, 1.54) is 0 Å². The summed E-state index contributed by atoms with van der Waals surface area (Å²) in [7, 11) is 1.55. The third-order valence-corrected chi connectivity index (χ3v) is 3.30. The van der Waals surface area contributed by atoms with Gasteiger partial charge in [-0.2, -0.15) is 0 Å². The zero-order valence-electron chi connectivity index (χ0n) is 9.90. The molecule has 1 aliphatic rings. The SMILES string of the molecule is COc1ccc(C(=O)C2COC(C)C2)cc1Cl. The number of rotatable bonds is 3. The molecule has 1 heterocycles. The van der Waals surface area contributed by atoms with Gasteiger partial charge in [-0.3, -0.25) is 4.79 Å². The van der Waals surface area contributed by atoms with Crippen molar-refractivity contribution in [1.82, 2.24) is 0 Å². The lowest BCUT2D eigenvalue weighted by atomic mass is 9.95. The molecule has 0 spiro atoms. The lowest BCUT2D eigenvalue weighted by Crippen LogP contribution is -2.14. The lowest BCUT2D eigenvalue weighted by Gasteiger charge is -2.08. The number of ether oxygens (including phenoxy) is 2. The van der Waals surface area contributed by atoms with E-state index in [4.69, 9.17) is 21.1 Å². The standard InChI is InChI=1S/C13H15ClO3/c1-8-5-10(7-17-8)13(15)9-3-4-12(16-2)11(14)6-9/h3-4,6,8,10H,5,7H2,1-2H3. The second-order valence-electron chi connectivity index (χ2n) is 4.29. The van der Waals surface area contributed by atoms with Crippen LogP contribution in [0.5, 0.6) is 5.75 Å². The molecule has 1 fully saturated rings. The first-order valence-corrected chi connectivity index (χ1v) is 5.99. The van der Waals surface area contributed by atoms with Crippen LogP contribution >= 0.6 is 11.6 Å². The number of halogens is 1. The van der Waals surface area contributed by atoms with Crippen molar-refractivity contribution in [3.05, 3.63) is 28.8 Å². The second-order valence-corrected chi connectivity index (χ2v) is 4.70. The number of benzene rings is 1. The fraction of sp³-hybridized carbons (Fsp3) is 0.462. The Hall–Kier alpha value is -1.06. The fourth-order valence-electron chi connectivity index (χ4n) is 2.06. The van der Waals surface area contributed by atoms with Crippen LogP contribution in [0.4, 0.5) is 0 Å². The van der Waals surface area contributed by atoms with Gasteiger partial charge >= 0.3 is 0 Å². The number of hydrogen-bond donors (Lipinski definition) is 0. The first kappa shape index (κ1) is 12.4. The number of carbonyl (C=O) groups is 1. The first-order valence-electron chi connectivity index (χ1n) is 5.61. The molecule has 2 rings (SSSR count). The average molecular weight is 255 g/mol. The third kappa shape index (κ3) is 2.61. The quantitative estimate of drug-likeness (QED) is 0.778. The predicted octanol–water partition coefficient (Wildman–Crippen LogP) is 2.96. The molecule has 2 unspecified atom stereocenters. The average Bonchev–Trinajstić information content (AvgIpc) is 2.75.